The van der Waals surface area contributed by atoms with Crippen LogP contribution in [0.4, 0.5) is 0 Å². The minimum atomic E-state index is 0.114. The molecule has 0 radical (unpaired) electrons. The second-order valence-corrected chi connectivity index (χ2v) is 5.23. The van der Waals surface area contributed by atoms with Crippen LogP contribution >= 0.6 is 0 Å². The van der Waals surface area contributed by atoms with E-state index in [1.807, 2.05) is 54.3 Å². The summed E-state index contributed by atoms with van der Waals surface area (Å²) in [5.41, 5.74) is 2.83. The number of hydrogen-bond acceptors (Lipinski definition) is 2. The first-order valence-corrected chi connectivity index (χ1v) is 7.05. The Labute approximate surface area is 119 Å². The highest BCUT2D eigenvalue weighted by molar-refractivity contribution is 5.96. The van der Waals surface area contributed by atoms with Gasteiger partial charge in [0.1, 0.15) is 0 Å². The first-order valence-electron chi connectivity index (χ1n) is 7.05. The van der Waals surface area contributed by atoms with E-state index in [0.717, 1.165) is 36.2 Å². The van der Waals surface area contributed by atoms with Crippen LogP contribution in [-0.4, -0.2) is 22.3 Å². The minimum Gasteiger partial charge on any atom is -0.330 e. The summed E-state index contributed by atoms with van der Waals surface area (Å²) in [5.74, 6) is 0.122. The van der Waals surface area contributed by atoms with Crippen molar-refractivity contribution >= 4 is 5.91 Å². The van der Waals surface area contributed by atoms with Crippen LogP contribution in [0.2, 0.25) is 0 Å². The van der Waals surface area contributed by atoms with Crippen molar-refractivity contribution < 1.29 is 4.79 Å². The molecule has 0 bridgehead atoms. The standard InChI is InChI=1S/C17H18N2O/c1-13-7-2-3-8-14(13)17(20)19-12-6-10-16(19)15-9-4-5-11-18-15/h2-5,7-9,11,16H,6,10,12H2,1H3. The van der Waals surface area contributed by atoms with Crippen LogP contribution in [0.1, 0.15) is 40.5 Å². The average Bonchev–Trinajstić information content (AvgIpc) is 2.97. The van der Waals surface area contributed by atoms with Crippen molar-refractivity contribution in [2.24, 2.45) is 0 Å². The minimum absolute atomic E-state index is 0.114. The predicted octanol–water partition coefficient (Wildman–Crippen LogP) is 3.37. The van der Waals surface area contributed by atoms with Gasteiger partial charge in [-0.3, -0.25) is 9.78 Å². The Morgan fingerprint density at radius 2 is 2.00 bits per heavy atom. The van der Waals surface area contributed by atoms with E-state index < -0.39 is 0 Å². The lowest BCUT2D eigenvalue weighted by Gasteiger charge is -2.25. The molecule has 1 aromatic heterocycles. The van der Waals surface area contributed by atoms with Crippen LogP contribution in [0.3, 0.4) is 0 Å². The molecule has 3 rings (SSSR count). The highest BCUT2D eigenvalue weighted by Gasteiger charge is 2.31. The number of nitrogens with zero attached hydrogens (tertiary/aromatic N) is 2. The van der Waals surface area contributed by atoms with Crippen molar-refractivity contribution in [2.75, 3.05) is 6.54 Å². The summed E-state index contributed by atoms with van der Waals surface area (Å²) in [6, 6.07) is 13.8. The molecule has 1 amide bonds. The number of aromatic nitrogens is 1. The number of amides is 1. The van der Waals surface area contributed by atoms with Crippen LogP contribution in [0.15, 0.2) is 48.7 Å². The van der Waals surface area contributed by atoms with E-state index in [1.54, 1.807) is 6.20 Å². The van der Waals surface area contributed by atoms with E-state index in [0.29, 0.717) is 0 Å². The quantitative estimate of drug-likeness (QED) is 0.835. The fraction of sp³-hybridized carbons (Fsp3) is 0.294. The molecule has 0 N–H and O–H groups in total. The lowest BCUT2D eigenvalue weighted by molar-refractivity contribution is 0.0732. The fourth-order valence-electron chi connectivity index (χ4n) is 2.86. The van der Waals surface area contributed by atoms with Crippen molar-refractivity contribution in [3.05, 3.63) is 65.5 Å². The summed E-state index contributed by atoms with van der Waals surface area (Å²) < 4.78 is 0. The van der Waals surface area contributed by atoms with Gasteiger partial charge in [0, 0.05) is 18.3 Å². The zero-order chi connectivity index (χ0) is 13.9. The maximum atomic E-state index is 12.7. The molecule has 1 saturated heterocycles. The van der Waals surface area contributed by atoms with E-state index >= 15 is 0 Å². The molecule has 1 unspecified atom stereocenters. The van der Waals surface area contributed by atoms with E-state index in [-0.39, 0.29) is 11.9 Å². The molecule has 102 valence electrons. The van der Waals surface area contributed by atoms with Gasteiger partial charge in [-0.1, -0.05) is 24.3 Å². The maximum Gasteiger partial charge on any atom is 0.254 e. The molecule has 2 aromatic rings. The smallest absolute Gasteiger partial charge is 0.254 e. The molecule has 20 heavy (non-hydrogen) atoms. The monoisotopic (exact) mass is 266 g/mol. The van der Waals surface area contributed by atoms with Gasteiger partial charge in [-0.05, 0) is 43.5 Å². The zero-order valence-corrected chi connectivity index (χ0v) is 11.6. The van der Waals surface area contributed by atoms with E-state index in [9.17, 15) is 4.79 Å². The Kier molecular flexibility index (Phi) is 3.50. The van der Waals surface area contributed by atoms with E-state index in [1.165, 1.54) is 0 Å². The van der Waals surface area contributed by atoms with Crippen molar-refractivity contribution in [3.63, 3.8) is 0 Å². The molecular formula is C17H18N2O. The Bertz CT molecular complexity index is 609. The van der Waals surface area contributed by atoms with Gasteiger partial charge in [-0.2, -0.15) is 0 Å². The number of hydrogen-bond donors (Lipinski definition) is 0. The van der Waals surface area contributed by atoms with Gasteiger partial charge in [0.05, 0.1) is 11.7 Å². The van der Waals surface area contributed by atoms with Crippen molar-refractivity contribution in [2.45, 2.75) is 25.8 Å². The molecule has 1 atom stereocenters. The summed E-state index contributed by atoms with van der Waals surface area (Å²) in [7, 11) is 0. The number of likely N-dealkylation sites (tertiary alicyclic amines) is 1. The maximum absolute atomic E-state index is 12.7. The summed E-state index contributed by atoms with van der Waals surface area (Å²) in [6.45, 7) is 2.80. The lowest BCUT2D eigenvalue weighted by Crippen LogP contribution is -2.31. The first kappa shape index (κ1) is 12.9. The topological polar surface area (TPSA) is 33.2 Å². The zero-order valence-electron chi connectivity index (χ0n) is 11.6. The third-order valence-electron chi connectivity index (χ3n) is 3.92. The molecule has 1 aliphatic rings. The van der Waals surface area contributed by atoms with Gasteiger partial charge in [0.2, 0.25) is 0 Å². The molecule has 1 aromatic carbocycles. The van der Waals surface area contributed by atoms with E-state index in [2.05, 4.69) is 4.98 Å². The Hall–Kier alpha value is -2.16. The van der Waals surface area contributed by atoms with Crippen LogP contribution in [0, 0.1) is 6.92 Å². The SMILES string of the molecule is Cc1ccccc1C(=O)N1CCCC1c1ccccn1. The largest absolute Gasteiger partial charge is 0.330 e. The number of benzene rings is 1. The number of rotatable bonds is 2. The molecule has 0 spiro atoms. The predicted molar refractivity (Wildman–Crippen MR) is 78.4 cm³/mol. The first-order chi connectivity index (χ1) is 9.77. The van der Waals surface area contributed by atoms with Crippen molar-refractivity contribution in [3.8, 4) is 0 Å². The molecule has 3 heteroatoms. The molecule has 3 nitrogen and oxygen atoms in total. The molecular weight excluding hydrogens is 248 g/mol. The van der Waals surface area contributed by atoms with Gasteiger partial charge in [0.15, 0.2) is 0 Å². The Morgan fingerprint density at radius 1 is 1.20 bits per heavy atom. The second kappa shape index (κ2) is 5.45. The second-order valence-electron chi connectivity index (χ2n) is 5.23. The van der Waals surface area contributed by atoms with Gasteiger partial charge < -0.3 is 4.90 Å². The molecule has 0 saturated carbocycles. The highest BCUT2D eigenvalue weighted by Crippen LogP contribution is 2.32. The Morgan fingerprint density at radius 3 is 2.75 bits per heavy atom. The van der Waals surface area contributed by atoms with E-state index in [4.69, 9.17) is 0 Å². The third-order valence-corrected chi connectivity index (χ3v) is 3.92. The van der Waals surface area contributed by atoms with Crippen molar-refractivity contribution in [1.29, 1.82) is 0 Å². The van der Waals surface area contributed by atoms with Gasteiger partial charge >= 0.3 is 0 Å². The molecule has 0 aliphatic carbocycles. The van der Waals surface area contributed by atoms with Crippen LogP contribution in [-0.2, 0) is 0 Å². The van der Waals surface area contributed by atoms with Gasteiger partial charge in [-0.15, -0.1) is 0 Å². The number of aryl methyl sites for hydroxylation is 1. The Balaban J connectivity index is 1.90. The third kappa shape index (κ3) is 2.31. The summed E-state index contributed by atoms with van der Waals surface area (Å²) in [4.78, 5) is 19.1. The van der Waals surface area contributed by atoms with Crippen LogP contribution in [0.5, 0.6) is 0 Å². The summed E-state index contributed by atoms with van der Waals surface area (Å²) in [5, 5.41) is 0. The highest BCUT2D eigenvalue weighted by atomic mass is 16.2. The number of carbonyl (C=O) groups excluding carboxylic acids is 1. The number of carbonyl (C=O) groups is 1. The van der Waals surface area contributed by atoms with Crippen LogP contribution < -0.4 is 0 Å². The lowest BCUT2D eigenvalue weighted by atomic mass is 10.1. The summed E-state index contributed by atoms with van der Waals surface area (Å²) >= 11 is 0. The molecule has 1 aliphatic heterocycles. The average molecular weight is 266 g/mol. The normalized spacial score (nSPS) is 18.2. The van der Waals surface area contributed by atoms with Gasteiger partial charge in [0.25, 0.3) is 5.91 Å². The fourth-order valence-corrected chi connectivity index (χ4v) is 2.86. The molecule has 2 heterocycles. The van der Waals surface area contributed by atoms with Gasteiger partial charge in [-0.25, -0.2) is 0 Å². The molecule has 1 fully saturated rings. The van der Waals surface area contributed by atoms with Crippen LogP contribution in [0.25, 0.3) is 0 Å². The summed E-state index contributed by atoms with van der Waals surface area (Å²) in [6.07, 6.45) is 3.83. The number of pyridine rings is 1. The van der Waals surface area contributed by atoms with Crippen molar-refractivity contribution in [1.82, 2.24) is 9.88 Å².